The van der Waals surface area contributed by atoms with Crippen molar-refractivity contribution >= 4 is 17.9 Å². The zero-order valence-corrected chi connectivity index (χ0v) is 22.0. The molecule has 0 aliphatic rings. The van der Waals surface area contributed by atoms with Gasteiger partial charge in [0.15, 0.2) is 0 Å². The first-order chi connectivity index (χ1) is 15.1. The number of alkyl carbamates (subject to hydrolysis) is 1. The molecule has 0 radical (unpaired) electrons. The molecule has 0 aliphatic carbocycles. The predicted octanol–water partition coefficient (Wildman–Crippen LogP) is 4.75. The molecule has 0 saturated heterocycles. The van der Waals surface area contributed by atoms with E-state index in [-0.39, 0.29) is 17.9 Å². The van der Waals surface area contributed by atoms with Crippen LogP contribution in [-0.2, 0) is 20.7 Å². The van der Waals surface area contributed by atoms with Crippen LogP contribution >= 0.6 is 0 Å². The molecule has 1 aromatic rings. The number of hydrogen-bond acceptors (Lipinski definition) is 4. The van der Waals surface area contributed by atoms with E-state index in [1.54, 1.807) is 32.6 Å². The molecule has 186 valence electrons. The van der Waals surface area contributed by atoms with Crippen LogP contribution in [0.1, 0.15) is 92.8 Å². The lowest BCUT2D eigenvalue weighted by Crippen LogP contribution is -2.56. The summed E-state index contributed by atoms with van der Waals surface area (Å²) in [7, 11) is 0. The van der Waals surface area contributed by atoms with Gasteiger partial charge in [0.25, 0.3) is 0 Å². The molecule has 0 aliphatic heterocycles. The number of carbonyl (C=O) groups is 3. The van der Waals surface area contributed by atoms with Gasteiger partial charge in [-0.3, -0.25) is 9.59 Å². The highest BCUT2D eigenvalue weighted by Crippen LogP contribution is 2.27. The monoisotopic (exact) mass is 461 g/mol. The van der Waals surface area contributed by atoms with E-state index in [2.05, 4.69) is 17.6 Å². The first-order valence-electron chi connectivity index (χ1n) is 11.8. The summed E-state index contributed by atoms with van der Waals surface area (Å²) in [5.41, 5.74) is 0.727. The van der Waals surface area contributed by atoms with Crippen LogP contribution in [0.15, 0.2) is 24.3 Å². The van der Waals surface area contributed by atoms with Gasteiger partial charge in [-0.15, -0.1) is 0 Å². The number of rotatable bonds is 8. The molecule has 0 fully saturated rings. The highest BCUT2D eigenvalue weighted by atomic mass is 16.6. The maximum atomic E-state index is 13.6. The van der Waals surface area contributed by atoms with Crippen molar-refractivity contribution in [3.63, 3.8) is 0 Å². The van der Waals surface area contributed by atoms with Gasteiger partial charge < -0.3 is 20.3 Å². The number of amides is 3. The minimum Gasteiger partial charge on any atom is -0.444 e. The number of aryl methyl sites for hydroxylation is 1. The van der Waals surface area contributed by atoms with Crippen molar-refractivity contribution in [3.8, 4) is 0 Å². The van der Waals surface area contributed by atoms with E-state index in [1.165, 1.54) is 0 Å². The van der Waals surface area contributed by atoms with Gasteiger partial charge in [0, 0.05) is 11.6 Å². The second-order valence-electron chi connectivity index (χ2n) is 10.6. The molecule has 3 amide bonds. The van der Waals surface area contributed by atoms with E-state index in [9.17, 15) is 14.4 Å². The lowest BCUT2D eigenvalue weighted by Gasteiger charge is -2.38. The number of ether oxygens (including phenoxy) is 1. The molecular weight excluding hydrogens is 418 g/mol. The molecule has 1 rings (SSSR count). The average molecular weight is 462 g/mol. The highest BCUT2D eigenvalue weighted by Gasteiger charge is 2.38. The standard InChI is InChI=1S/C26H43N3O4/c1-11-17(3)29(23(31)18(4)27-24(32)33-26(8,9)10)21(22(30)28-25(5,6)7)20-15-13-19(12-2)14-16-20/h13-18,21H,11-12H2,1-10H3,(H,27,32)(H,28,30). The lowest BCUT2D eigenvalue weighted by molar-refractivity contribution is -0.145. The summed E-state index contributed by atoms with van der Waals surface area (Å²) in [6.45, 7) is 18.6. The summed E-state index contributed by atoms with van der Waals surface area (Å²) >= 11 is 0. The highest BCUT2D eigenvalue weighted by molar-refractivity contribution is 5.92. The van der Waals surface area contributed by atoms with Crippen LogP contribution in [0.2, 0.25) is 0 Å². The maximum absolute atomic E-state index is 13.6. The number of carbonyl (C=O) groups excluding carboxylic acids is 3. The van der Waals surface area contributed by atoms with E-state index in [4.69, 9.17) is 4.74 Å². The van der Waals surface area contributed by atoms with Crippen molar-refractivity contribution in [1.82, 2.24) is 15.5 Å². The van der Waals surface area contributed by atoms with Crippen LogP contribution in [0, 0.1) is 0 Å². The lowest BCUT2D eigenvalue weighted by atomic mass is 9.97. The number of hydrogen-bond donors (Lipinski definition) is 2. The average Bonchev–Trinajstić information content (AvgIpc) is 2.68. The van der Waals surface area contributed by atoms with Gasteiger partial charge >= 0.3 is 6.09 Å². The van der Waals surface area contributed by atoms with Gasteiger partial charge in [0.05, 0.1) is 0 Å². The predicted molar refractivity (Wildman–Crippen MR) is 132 cm³/mol. The third-order valence-electron chi connectivity index (χ3n) is 5.15. The van der Waals surface area contributed by atoms with Gasteiger partial charge in [-0.2, -0.15) is 0 Å². The summed E-state index contributed by atoms with van der Waals surface area (Å²) in [4.78, 5) is 41.0. The van der Waals surface area contributed by atoms with Gasteiger partial charge in [-0.1, -0.05) is 38.1 Å². The van der Waals surface area contributed by atoms with Gasteiger partial charge in [-0.05, 0) is 79.4 Å². The third-order valence-corrected chi connectivity index (χ3v) is 5.15. The summed E-state index contributed by atoms with van der Waals surface area (Å²) in [5.74, 6) is -0.603. The molecule has 7 heteroatoms. The zero-order valence-electron chi connectivity index (χ0n) is 22.0. The Morgan fingerprint density at radius 2 is 1.52 bits per heavy atom. The Labute approximate surface area is 199 Å². The van der Waals surface area contributed by atoms with Crippen molar-refractivity contribution in [2.45, 2.75) is 111 Å². The zero-order chi connectivity index (χ0) is 25.6. The fourth-order valence-corrected chi connectivity index (χ4v) is 3.38. The van der Waals surface area contributed by atoms with Gasteiger partial charge in [-0.25, -0.2) is 4.79 Å². The first-order valence-corrected chi connectivity index (χ1v) is 11.8. The van der Waals surface area contributed by atoms with Crippen LogP contribution in [0.4, 0.5) is 4.79 Å². The second-order valence-corrected chi connectivity index (χ2v) is 10.6. The van der Waals surface area contributed by atoms with E-state index in [0.29, 0.717) is 6.42 Å². The largest absolute Gasteiger partial charge is 0.444 e. The van der Waals surface area contributed by atoms with Crippen molar-refractivity contribution in [2.75, 3.05) is 0 Å². The van der Waals surface area contributed by atoms with Crippen LogP contribution in [-0.4, -0.2) is 46.0 Å². The molecule has 0 spiro atoms. The van der Waals surface area contributed by atoms with Crippen molar-refractivity contribution in [2.24, 2.45) is 0 Å². The van der Waals surface area contributed by atoms with Gasteiger partial charge in [0.2, 0.25) is 11.8 Å². The van der Waals surface area contributed by atoms with Crippen LogP contribution in [0.5, 0.6) is 0 Å². The van der Waals surface area contributed by atoms with Crippen molar-refractivity contribution in [1.29, 1.82) is 0 Å². The third kappa shape index (κ3) is 9.06. The molecule has 0 heterocycles. The topological polar surface area (TPSA) is 87.7 Å². The summed E-state index contributed by atoms with van der Waals surface area (Å²) < 4.78 is 5.31. The fourth-order valence-electron chi connectivity index (χ4n) is 3.38. The summed E-state index contributed by atoms with van der Waals surface area (Å²) in [6.07, 6.45) is 0.858. The first kappa shape index (κ1) is 28.5. The Kier molecular flexibility index (Phi) is 9.94. The SMILES string of the molecule is CCc1ccc(C(C(=O)NC(C)(C)C)N(C(=O)C(C)NC(=O)OC(C)(C)C)C(C)CC)cc1. The van der Waals surface area contributed by atoms with Crippen LogP contribution in [0.25, 0.3) is 0 Å². The van der Waals surface area contributed by atoms with E-state index in [1.807, 2.05) is 58.9 Å². The number of benzene rings is 1. The molecule has 2 N–H and O–H groups in total. The van der Waals surface area contributed by atoms with E-state index >= 15 is 0 Å². The second kappa shape index (κ2) is 11.5. The molecule has 1 aromatic carbocycles. The van der Waals surface area contributed by atoms with Crippen LogP contribution in [0.3, 0.4) is 0 Å². The molecular formula is C26H43N3O4. The van der Waals surface area contributed by atoms with E-state index in [0.717, 1.165) is 17.5 Å². The summed E-state index contributed by atoms with van der Waals surface area (Å²) in [6, 6.07) is 5.83. The Balaban J connectivity index is 3.39. The molecule has 7 nitrogen and oxygen atoms in total. The van der Waals surface area contributed by atoms with Crippen molar-refractivity contribution < 1.29 is 19.1 Å². The Hall–Kier alpha value is -2.57. The van der Waals surface area contributed by atoms with Gasteiger partial charge in [0.1, 0.15) is 17.7 Å². The smallest absolute Gasteiger partial charge is 0.408 e. The Morgan fingerprint density at radius 1 is 0.970 bits per heavy atom. The molecule has 0 saturated carbocycles. The van der Waals surface area contributed by atoms with E-state index < -0.39 is 29.3 Å². The molecule has 3 atom stereocenters. The Morgan fingerprint density at radius 3 is 1.94 bits per heavy atom. The summed E-state index contributed by atoms with van der Waals surface area (Å²) in [5, 5.41) is 5.65. The molecule has 0 bridgehead atoms. The molecule has 0 aromatic heterocycles. The van der Waals surface area contributed by atoms with Crippen LogP contribution < -0.4 is 10.6 Å². The quantitative estimate of drug-likeness (QED) is 0.585. The normalized spacial score (nSPS) is 14.6. The van der Waals surface area contributed by atoms with Crippen molar-refractivity contribution in [3.05, 3.63) is 35.4 Å². The number of nitrogens with one attached hydrogen (secondary N) is 2. The minimum atomic E-state index is -0.867. The molecule has 3 unspecified atom stereocenters. The fraction of sp³-hybridized carbons (Fsp3) is 0.654. The molecule has 33 heavy (non-hydrogen) atoms. The Bertz CT molecular complexity index is 806. The number of nitrogens with zero attached hydrogens (tertiary/aromatic N) is 1. The maximum Gasteiger partial charge on any atom is 0.408 e. The minimum absolute atomic E-state index is 0.234.